The normalized spacial score (nSPS) is 24.3. The molecule has 2 fully saturated rings. The monoisotopic (exact) mass is 234 g/mol. The maximum absolute atomic E-state index is 12.3. The van der Waals surface area contributed by atoms with Crippen molar-refractivity contribution in [2.45, 2.75) is 25.3 Å². The molecule has 5 heteroatoms. The molecule has 2 aliphatic rings. The third-order valence-electron chi connectivity index (χ3n) is 3.71. The van der Waals surface area contributed by atoms with Crippen molar-refractivity contribution in [1.29, 1.82) is 0 Å². The van der Waals surface area contributed by atoms with Gasteiger partial charge >= 0.3 is 0 Å². The first-order chi connectivity index (χ1) is 8.29. The van der Waals surface area contributed by atoms with Crippen LogP contribution in [0.15, 0.2) is 17.2 Å². The van der Waals surface area contributed by atoms with Gasteiger partial charge < -0.3 is 15.2 Å². The van der Waals surface area contributed by atoms with Crippen molar-refractivity contribution in [2.24, 2.45) is 11.7 Å². The average Bonchev–Trinajstić information content (AvgIpc) is 3.07. The Bertz CT molecular complexity index is 466. The number of nitrogens with two attached hydrogens (primary N) is 1. The number of anilines is 1. The van der Waals surface area contributed by atoms with Crippen molar-refractivity contribution >= 4 is 5.82 Å². The fourth-order valence-corrected chi connectivity index (χ4v) is 2.49. The van der Waals surface area contributed by atoms with Crippen LogP contribution in [0.3, 0.4) is 0 Å². The predicted octanol–water partition coefficient (Wildman–Crippen LogP) is 0.363. The van der Waals surface area contributed by atoms with Crippen LogP contribution in [0.5, 0.6) is 0 Å². The van der Waals surface area contributed by atoms with Gasteiger partial charge in [-0.25, -0.2) is 4.98 Å². The topological polar surface area (TPSA) is 64.2 Å². The lowest BCUT2D eigenvalue weighted by molar-refractivity contribution is 0.601. The summed E-state index contributed by atoms with van der Waals surface area (Å²) >= 11 is 0. The highest BCUT2D eigenvalue weighted by Gasteiger charge is 2.28. The summed E-state index contributed by atoms with van der Waals surface area (Å²) in [6, 6.07) is 0.414. The average molecular weight is 234 g/mol. The van der Waals surface area contributed by atoms with Crippen LogP contribution in [-0.2, 0) is 0 Å². The molecular weight excluding hydrogens is 216 g/mol. The largest absolute Gasteiger partial charge is 0.352 e. The molecule has 1 saturated carbocycles. The quantitative estimate of drug-likeness (QED) is 0.820. The fourth-order valence-electron chi connectivity index (χ4n) is 2.49. The molecule has 0 radical (unpaired) electrons. The van der Waals surface area contributed by atoms with Crippen LogP contribution in [0, 0.1) is 5.92 Å². The van der Waals surface area contributed by atoms with Gasteiger partial charge in [-0.15, -0.1) is 0 Å². The minimum atomic E-state index is 0.0627. The fraction of sp³-hybridized carbons (Fsp3) is 0.667. The first kappa shape index (κ1) is 10.8. The maximum atomic E-state index is 12.3. The lowest BCUT2D eigenvalue weighted by atomic mass is 10.1. The minimum absolute atomic E-state index is 0.0627. The Hall–Kier alpha value is -1.36. The second-order valence-corrected chi connectivity index (χ2v) is 5.03. The van der Waals surface area contributed by atoms with Crippen molar-refractivity contribution in [3.05, 3.63) is 22.7 Å². The second-order valence-electron chi connectivity index (χ2n) is 5.03. The summed E-state index contributed by atoms with van der Waals surface area (Å²) in [5.41, 5.74) is 5.73. The number of nitrogens with zero attached hydrogens (tertiary/aromatic N) is 3. The smallest absolute Gasteiger partial charge is 0.293 e. The van der Waals surface area contributed by atoms with E-state index < -0.39 is 0 Å². The van der Waals surface area contributed by atoms with Gasteiger partial charge in [0.25, 0.3) is 5.56 Å². The highest BCUT2D eigenvalue weighted by atomic mass is 16.1. The van der Waals surface area contributed by atoms with Crippen LogP contribution < -0.4 is 16.2 Å². The van der Waals surface area contributed by atoms with Gasteiger partial charge in [0, 0.05) is 31.5 Å². The van der Waals surface area contributed by atoms with Crippen molar-refractivity contribution in [2.75, 3.05) is 24.5 Å². The van der Waals surface area contributed by atoms with Crippen LogP contribution in [0.2, 0.25) is 0 Å². The lowest BCUT2D eigenvalue weighted by Gasteiger charge is -2.17. The van der Waals surface area contributed by atoms with E-state index in [1.165, 1.54) is 0 Å². The van der Waals surface area contributed by atoms with Gasteiger partial charge in [0.1, 0.15) is 0 Å². The Morgan fingerprint density at radius 3 is 2.88 bits per heavy atom. The van der Waals surface area contributed by atoms with Crippen molar-refractivity contribution in [1.82, 2.24) is 9.55 Å². The van der Waals surface area contributed by atoms with E-state index in [0.717, 1.165) is 32.4 Å². The summed E-state index contributed by atoms with van der Waals surface area (Å²) in [5, 5.41) is 0. The summed E-state index contributed by atoms with van der Waals surface area (Å²) in [7, 11) is 0. The Kier molecular flexibility index (Phi) is 2.63. The number of rotatable bonds is 3. The highest BCUT2D eigenvalue weighted by molar-refractivity contribution is 5.37. The Labute approximate surface area is 100 Å². The molecule has 0 amide bonds. The summed E-state index contributed by atoms with van der Waals surface area (Å²) in [6.45, 7) is 2.46. The molecule has 5 nitrogen and oxygen atoms in total. The number of aromatic nitrogens is 2. The van der Waals surface area contributed by atoms with Crippen LogP contribution in [-0.4, -0.2) is 29.2 Å². The van der Waals surface area contributed by atoms with E-state index in [4.69, 9.17) is 5.73 Å². The van der Waals surface area contributed by atoms with Gasteiger partial charge in [-0.2, -0.15) is 0 Å². The zero-order chi connectivity index (χ0) is 11.8. The van der Waals surface area contributed by atoms with Gasteiger partial charge in [0.15, 0.2) is 5.82 Å². The molecule has 3 rings (SSSR count). The van der Waals surface area contributed by atoms with E-state index >= 15 is 0 Å². The van der Waals surface area contributed by atoms with Gasteiger partial charge in [0.2, 0.25) is 0 Å². The molecule has 2 N–H and O–H groups in total. The van der Waals surface area contributed by atoms with E-state index in [-0.39, 0.29) is 5.56 Å². The lowest BCUT2D eigenvalue weighted by Crippen LogP contribution is -2.32. The molecule has 1 saturated heterocycles. The molecular formula is C12H18N4O. The number of hydrogen-bond acceptors (Lipinski definition) is 4. The summed E-state index contributed by atoms with van der Waals surface area (Å²) in [6.07, 6.45) is 6.85. The van der Waals surface area contributed by atoms with Crippen molar-refractivity contribution < 1.29 is 0 Å². The Morgan fingerprint density at radius 2 is 2.24 bits per heavy atom. The summed E-state index contributed by atoms with van der Waals surface area (Å²) in [4.78, 5) is 18.6. The predicted molar refractivity (Wildman–Crippen MR) is 66.1 cm³/mol. The zero-order valence-electron chi connectivity index (χ0n) is 9.88. The van der Waals surface area contributed by atoms with Crippen LogP contribution >= 0.6 is 0 Å². The molecule has 1 atom stereocenters. The molecule has 1 aromatic heterocycles. The molecule has 1 unspecified atom stereocenters. The van der Waals surface area contributed by atoms with Gasteiger partial charge in [-0.3, -0.25) is 4.79 Å². The van der Waals surface area contributed by atoms with E-state index in [2.05, 4.69) is 9.88 Å². The molecule has 2 heterocycles. The molecule has 0 bridgehead atoms. The third-order valence-corrected chi connectivity index (χ3v) is 3.71. The molecule has 0 spiro atoms. The third kappa shape index (κ3) is 1.95. The minimum Gasteiger partial charge on any atom is -0.352 e. The molecule has 1 aliphatic heterocycles. The molecule has 1 aromatic rings. The van der Waals surface area contributed by atoms with E-state index in [1.807, 2.05) is 4.57 Å². The molecule has 92 valence electrons. The molecule has 1 aliphatic carbocycles. The zero-order valence-corrected chi connectivity index (χ0v) is 9.88. The van der Waals surface area contributed by atoms with Crippen LogP contribution in [0.25, 0.3) is 0 Å². The Balaban J connectivity index is 1.88. The van der Waals surface area contributed by atoms with Gasteiger partial charge in [0.05, 0.1) is 0 Å². The van der Waals surface area contributed by atoms with Crippen molar-refractivity contribution in [3.8, 4) is 0 Å². The second kappa shape index (κ2) is 4.14. The Morgan fingerprint density at radius 1 is 1.41 bits per heavy atom. The van der Waals surface area contributed by atoms with E-state index in [9.17, 15) is 4.79 Å². The summed E-state index contributed by atoms with van der Waals surface area (Å²) < 4.78 is 1.83. The van der Waals surface area contributed by atoms with Crippen molar-refractivity contribution in [3.63, 3.8) is 0 Å². The van der Waals surface area contributed by atoms with Gasteiger partial charge in [-0.1, -0.05) is 0 Å². The maximum Gasteiger partial charge on any atom is 0.293 e. The van der Waals surface area contributed by atoms with Crippen LogP contribution in [0.1, 0.15) is 25.3 Å². The number of hydrogen-bond donors (Lipinski definition) is 1. The van der Waals surface area contributed by atoms with Gasteiger partial charge in [-0.05, 0) is 31.7 Å². The van der Waals surface area contributed by atoms with E-state index in [1.54, 1.807) is 12.4 Å². The first-order valence-corrected chi connectivity index (χ1v) is 6.31. The highest BCUT2D eigenvalue weighted by Crippen LogP contribution is 2.33. The SMILES string of the molecule is NCC1CCN(c2nccn(C3CC3)c2=O)C1. The standard InChI is InChI=1S/C12H18N4O/c13-7-9-3-5-15(8-9)11-12(17)16(6-4-14-11)10-1-2-10/h4,6,9-10H,1-3,5,7-8,13H2. The first-order valence-electron chi connectivity index (χ1n) is 6.31. The molecule has 0 aromatic carbocycles. The molecule has 17 heavy (non-hydrogen) atoms. The van der Waals surface area contributed by atoms with E-state index in [0.29, 0.717) is 24.3 Å². The van der Waals surface area contributed by atoms with Crippen LogP contribution in [0.4, 0.5) is 5.82 Å². The summed E-state index contributed by atoms with van der Waals surface area (Å²) in [5.74, 6) is 1.11.